The van der Waals surface area contributed by atoms with Crippen molar-refractivity contribution >= 4 is 56.0 Å². The van der Waals surface area contributed by atoms with Crippen LogP contribution in [-0.4, -0.2) is 40.0 Å². The first-order valence-corrected chi connectivity index (χ1v) is 10.8. The minimum atomic E-state index is -3.88. The zero-order chi connectivity index (χ0) is 19.0. The highest BCUT2D eigenvalue weighted by Gasteiger charge is 2.40. The summed E-state index contributed by atoms with van der Waals surface area (Å²) in [5.74, 6) is -0.373. The van der Waals surface area contributed by atoms with Crippen LogP contribution < -0.4 is 5.32 Å². The second-order valence-corrected chi connectivity index (χ2v) is 8.99. The molecule has 0 aliphatic carbocycles. The fraction of sp³-hybridized carbons (Fsp3) is 0.235. The van der Waals surface area contributed by atoms with Crippen LogP contribution in [-0.2, 0) is 14.8 Å². The molecule has 1 aliphatic heterocycles. The molecule has 0 spiro atoms. The molecular formula is C17H15ClN4O3S2. The Hall–Kier alpha value is -2.07. The molecule has 27 heavy (non-hydrogen) atoms. The average molecular weight is 423 g/mol. The van der Waals surface area contributed by atoms with Gasteiger partial charge in [-0.15, -0.1) is 0 Å². The predicted molar refractivity (Wildman–Crippen MR) is 104 cm³/mol. The van der Waals surface area contributed by atoms with Gasteiger partial charge in [-0.1, -0.05) is 23.7 Å². The molecule has 0 saturated carbocycles. The van der Waals surface area contributed by atoms with Crippen molar-refractivity contribution in [1.82, 2.24) is 13.1 Å². The van der Waals surface area contributed by atoms with Crippen LogP contribution in [0.15, 0.2) is 47.4 Å². The molecule has 2 heterocycles. The molecule has 1 atom stereocenters. The van der Waals surface area contributed by atoms with E-state index >= 15 is 0 Å². The van der Waals surface area contributed by atoms with Crippen molar-refractivity contribution in [3.8, 4) is 0 Å². The van der Waals surface area contributed by atoms with Crippen LogP contribution in [0.3, 0.4) is 0 Å². The molecule has 1 N–H and O–H groups in total. The Morgan fingerprint density at radius 3 is 2.85 bits per heavy atom. The van der Waals surface area contributed by atoms with Crippen LogP contribution in [0.2, 0.25) is 5.02 Å². The van der Waals surface area contributed by atoms with E-state index in [9.17, 15) is 13.2 Å². The van der Waals surface area contributed by atoms with E-state index in [0.29, 0.717) is 34.6 Å². The number of nitrogens with one attached hydrogen (secondary N) is 1. The molecule has 1 saturated heterocycles. The van der Waals surface area contributed by atoms with Gasteiger partial charge in [0.25, 0.3) is 0 Å². The summed E-state index contributed by atoms with van der Waals surface area (Å²) >= 11 is 6.91. The van der Waals surface area contributed by atoms with Gasteiger partial charge in [0, 0.05) is 17.3 Å². The van der Waals surface area contributed by atoms with E-state index in [-0.39, 0.29) is 17.3 Å². The Labute approximate surface area is 165 Å². The summed E-state index contributed by atoms with van der Waals surface area (Å²) in [7, 11) is -3.88. The number of rotatable bonds is 4. The first kappa shape index (κ1) is 18.3. The van der Waals surface area contributed by atoms with Crippen molar-refractivity contribution in [2.75, 3.05) is 11.9 Å². The van der Waals surface area contributed by atoms with Crippen molar-refractivity contribution in [1.29, 1.82) is 0 Å². The third-order valence-corrected chi connectivity index (χ3v) is 7.15. The summed E-state index contributed by atoms with van der Waals surface area (Å²) in [6.07, 6.45) is 1.06. The number of hydrogen-bond donors (Lipinski definition) is 1. The molecule has 0 unspecified atom stereocenters. The number of aromatic nitrogens is 2. The number of anilines is 1. The van der Waals surface area contributed by atoms with Gasteiger partial charge in [-0.2, -0.15) is 13.1 Å². The maximum atomic E-state index is 13.2. The van der Waals surface area contributed by atoms with Crippen molar-refractivity contribution in [3.63, 3.8) is 0 Å². The summed E-state index contributed by atoms with van der Waals surface area (Å²) in [5, 5.41) is 3.25. The van der Waals surface area contributed by atoms with Crippen molar-refractivity contribution in [2.24, 2.45) is 0 Å². The highest BCUT2D eigenvalue weighted by atomic mass is 35.5. The van der Waals surface area contributed by atoms with Crippen LogP contribution in [0.4, 0.5) is 5.69 Å². The smallest absolute Gasteiger partial charge is 0.246 e. The summed E-state index contributed by atoms with van der Waals surface area (Å²) in [6.45, 7) is 0.282. The number of halogens is 1. The molecule has 140 valence electrons. The monoisotopic (exact) mass is 422 g/mol. The highest BCUT2D eigenvalue weighted by Crippen LogP contribution is 2.30. The number of hydrogen-bond acceptors (Lipinski definition) is 6. The molecule has 10 heteroatoms. The highest BCUT2D eigenvalue weighted by molar-refractivity contribution is 7.89. The summed E-state index contributed by atoms with van der Waals surface area (Å²) in [4.78, 5) is 12.8. The molecule has 4 rings (SSSR count). The van der Waals surface area contributed by atoms with E-state index in [4.69, 9.17) is 11.6 Å². The molecule has 0 radical (unpaired) electrons. The third-order valence-electron chi connectivity index (χ3n) is 4.43. The van der Waals surface area contributed by atoms with Gasteiger partial charge in [-0.05, 0) is 43.2 Å². The van der Waals surface area contributed by atoms with Gasteiger partial charge < -0.3 is 5.32 Å². The Morgan fingerprint density at radius 1 is 1.22 bits per heavy atom. The van der Waals surface area contributed by atoms with E-state index < -0.39 is 16.1 Å². The predicted octanol–water partition coefficient (Wildman–Crippen LogP) is 3.14. The van der Waals surface area contributed by atoms with Gasteiger partial charge in [-0.3, -0.25) is 4.79 Å². The largest absolute Gasteiger partial charge is 0.325 e. The zero-order valence-electron chi connectivity index (χ0n) is 14.0. The molecule has 2 aromatic carbocycles. The summed E-state index contributed by atoms with van der Waals surface area (Å²) in [6, 6.07) is 10.8. The van der Waals surface area contributed by atoms with E-state index in [1.165, 1.54) is 10.4 Å². The van der Waals surface area contributed by atoms with Crippen LogP contribution >= 0.6 is 23.3 Å². The van der Waals surface area contributed by atoms with Gasteiger partial charge in [0.15, 0.2) is 0 Å². The van der Waals surface area contributed by atoms with Crippen LogP contribution in [0.25, 0.3) is 11.0 Å². The topological polar surface area (TPSA) is 92.3 Å². The van der Waals surface area contributed by atoms with Crippen molar-refractivity contribution < 1.29 is 13.2 Å². The number of carbonyl (C=O) groups is 1. The van der Waals surface area contributed by atoms with E-state index in [1.54, 1.807) is 36.4 Å². The zero-order valence-corrected chi connectivity index (χ0v) is 16.4. The Morgan fingerprint density at radius 2 is 2.04 bits per heavy atom. The van der Waals surface area contributed by atoms with Crippen LogP contribution in [0.5, 0.6) is 0 Å². The number of benzene rings is 2. The van der Waals surface area contributed by atoms with E-state index in [1.807, 2.05) is 0 Å². The molecule has 7 nitrogen and oxygen atoms in total. The van der Waals surface area contributed by atoms with Gasteiger partial charge >= 0.3 is 0 Å². The summed E-state index contributed by atoms with van der Waals surface area (Å²) in [5.41, 5.74) is 1.39. The normalized spacial score (nSPS) is 18.0. The molecular weight excluding hydrogens is 408 g/mol. The van der Waals surface area contributed by atoms with Crippen LogP contribution in [0.1, 0.15) is 12.8 Å². The molecule has 1 fully saturated rings. The first-order valence-electron chi connectivity index (χ1n) is 8.26. The SMILES string of the molecule is O=C(Nc1cccc(Cl)c1)[C@H]1CCCN1S(=O)(=O)c1cccc2nsnc12. The number of carbonyl (C=O) groups excluding carboxylic acids is 1. The van der Waals surface area contributed by atoms with Gasteiger partial charge in [0.05, 0.1) is 11.7 Å². The maximum Gasteiger partial charge on any atom is 0.246 e. The lowest BCUT2D eigenvalue weighted by Gasteiger charge is -2.23. The molecule has 3 aromatic rings. The lowest BCUT2D eigenvalue weighted by molar-refractivity contribution is -0.119. The molecule has 1 aromatic heterocycles. The first-order chi connectivity index (χ1) is 13.0. The average Bonchev–Trinajstić information content (AvgIpc) is 3.31. The quantitative estimate of drug-likeness (QED) is 0.697. The van der Waals surface area contributed by atoms with Crippen molar-refractivity contribution in [3.05, 3.63) is 47.5 Å². The number of fused-ring (bicyclic) bond motifs is 1. The minimum Gasteiger partial charge on any atom is -0.325 e. The lowest BCUT2D eigenvalue weighted by atomic mass is 10.2. The second kappa shape index (κ2) is 7.16. The number of nitrogens with zero attached hydrogens (tertiary/aromatic N) is 3. The maximum absolute atomic E-state index is 13.2. The van der Waals surface area contributed by atoms with Gasteiger partial charge in [0.1, 0.15) is 22.0 Å². The number of sulfonamides is 1. The Bertz CT molecular complexity index is 1120. The van der Waals surface area contributed by atoms with E-state index in [2.05, 4.69) is 14.1 Å². The Kier molecular flexibility index (Phi) is 4.85. The second-order valence-electron chi connectivity index (χ2n) is 6.16. The fourth-order valence-corrected chi connectivity index (χ4v) is 5.80. The minimum absolute atomic E-state index is 0.0798. The summed E-state index contributed by atoms with van der Waals surface area (Å²) < 4.78 is 35.9. The molecule has 0 bridgehead atoms. The standard InChI is InChI=1S/C17H15ClN4O3S2/c18-11-4-1-5-12(10-11)19-17(23)14-7-3-9-22(14)27(24,25)15-8-2-6-13-16(15)21-26-20-13/h1-2,4-6,8,10,14H,3,7,9H2,(H,19,23)/t14-/m1/s1. The fourth-order valence-electron chi connectivity index (χ4n) is 3.20. The van der Waals surface area contributed by atoms with Crippen molar-refractivity contribution in [2.45, 2.75) is 23.8 Å². The van der Waals surface area contributed by atoms with Gasteiger partial charge in [0.2, 0.25) is 15.9 Å². The van der Waals surface area contributed by atoms with Gasteiger partial charge in [-0.25, -0.2) is 8.42 Å². The van der Waals surface area contributed by atoms with E-state index in [0.717, 1.165) is 11.7 Å². The van der Waals surface area contributed by atoms with Crippen LogP contribution in [0, 0.1) is 0 Å². The third kappa shape index (κ3) is 3.43. The number of amides is 1. The lowest BCUT2D eigenvalue weighted by Crippen LogP contribution is -2.43. The molecule has 1 aliphatic rings. The molecule has 1 amide bonds. The Balaban J connectivity index is 1.64.